The van der Waals surface area contributed by atoms with Crippen LogP contribution in [0.5, 0.6) is 5.88 Å². The quantitative estimate of drug-likeness (QED) is 0.759. The first-order chi connectivity index (χ1) is 8.61. The highest BCUT2D eigenvalue weighted by Gasteiger charge is 2.22. The number of nitrogen functional groups attached to an aromatic ring is 1. The minimum atomic E-state index is -0.131. The van der Waals surface area contributed by atoms with Crippen LogP contribution in [0.4, 0.5) is 5.82 Å². The van der Waals surface area contributed by atoms with Gasteiger partial charge in [0, 0.05) is 26.2 Å². The number of aromatic nitrogens is 2. The summed E-state index contributed by atoms with van der Waals surface area (Å²) < 4.78 is 4.96. The van der Waals surface area contributed by atoms with Gasteiger partial charge in [0.2, 0.25) is 0 Å². The molecular formula is C11H17N5O2. The van der Waals surface area contributed by atoms with Crippen LogP contribution in [-0.2, 0) is 0 Å². The molecule has 0 unspecified atom stereocenters. The molecule has 2 heterocycles. The molecule has 7 heteroatoms. The van der Waals surface area contributed by atoms with Gasteiger partial charge in [0.25, 0.3) is 11.8 Å². The highest BCUT2D eigenvalue weighted by Crippen LogP contribution is 2.15. The van der Waals surface area contributed by atoms with Crippen LogP contribution < -0.4 is 10.5 Å². The third-order valence-electron chi connectivity index (χ3n) is 2.97. The Morgan fingerprint density at radius 3 is 2.67 bits per heavy atom. The molecule has 18 heavy (non-hydrogen) atoms. The first kappa shape index (κ1) is 12.6. The SMILES string of the molecule is COc1nc(C(=O)N2CCN(C)CC2)cnc1N. The van der Waals surface area contributed by atoms with Crippen molar-refractivity contribution in [2.24, 2.45) is 0 Å². The number of hydrogen-bond acceptors (Lipinski definition) is 6. The molecular weight excluding hydrogens is 234 g/mol. The van der Waals surface area contributed by atoms with E-state index in [4.69, 9.17) is 10.5 Å². The maximum Gasteiger partial charge on any atom is 0.274 e. The Kier molecular flexibility index (Phi) is 3.61. The predicted molar refractivity (Wildman–Crippen MR) is 66.4 cm³/mol. The van der Waals surface area contributed by atoms with Crippen LogP contribution in [0.1, 0.15) is 10.5 Å². The van der Waals surface area contributed by atoms with Gasteiger partial charge in [-0.1, -0.05) is 0 Å². The second-order valence-corrected chi connectivity index (χ2v) is 4.25. The third-order valence-corrected chi connectivity index (χ3v) is 2.97. The molecule has 1 amide bonds. The van der Waals surface area contributed by atoms with E-state index in [2.05, 4.69) is 14.9 Å². The summed E-state index contributed by atoms with van der Waals surface area (Å²) >= 11 is 0. The smallest absolute Gasteiger partial charge is 0.274 e. The minimum Gasteiger partial charge on any atom is -0.478 e. The summed E-state index contributed by atoms with van der Waals surface area (Å²) in [6, 6.07) is 0. The molecule has 0 spiro atoms. The first-order valence-electron chi connectivity index (χ1n) is 5.76. The molecule has 2 rings (SSSR count). The van der Waals surface area contributed by atoms with E-state index in [0.717, 1.165) is 13.1 Å². The third kappa shape index (κ3) is 2.51. The van der Waals surface area contributed by atoms with Crippen LogP contribution in [0, 0.1) is 0 Å². The van der Waals surface area contributed by atoms with E-state index in [1.807, 2.05) is 7.05 Å². The average molecular weight is 251 g/mol. The van der Waals surface area contributed by atoms with Gasteiger partial charge in [-0.25, -0.2) is 9.97 Å². The number of anilines is 1. The lowest BCUT2D eigenvalue weighted by molar-refractivity contribution is 0.0657. The number of methoxy groups -OCH3 is 1. The van der Waals surface area contributed by atoms with Crippen LogP contribution in [0.15, 0.2) is 6.20 Å². The van der Waals surface area contributed by atoms with Crippen molar-refractivity contribution in [2.75, 3.05) is 46.1 Å². The zero-order valence-electron chi connectivity index (χ0n) is 10.6. The van der Waals surface area contributed by atoms with Crippen LogP contribution in [0.25, 0.3) is 0 Å². The van der Waals surface area contributed by atoms with Gasteiger partial charge in [-0.05, 0) is 7.05 Å². The summed E-state index contributed by atoms with van der Waals surface area (Å²) in [5.41, 5.74) is 5.84. The van der Waals surface area contributed by atoms with Crippen molar-refractivity contribution >= 4 is 11.7 Å². The standard InChI is InChI=1S/C11H17N5O2/c1-15-3-5-16(6-4-15)11(17)8-7-13-9(12)10(14-8)18-2/h7H,3-6H2,1-2H3,(H2,12,13). The summed E-state index contributed by atoms with van der Waals surface area (Å²) in [5.74, 6) is 0.247. The van der Waals surface area contributed by atoms with E-state index >= 15 is 0 Å². The molecule has 0 atom stereocenters. The summed E-state index contributed by atoms with van der Waals surface area (Å²) in [7, 11) is 3.48. The van der Waals surface area contributed by atoms with Gasteiger partial charge in [0.1, 0.15) is 0 Å². The Hall–Kier alpha value is -1.89. The Morgan fingerprint density at radius 2 is 2.06 bits per heavy atom. The molecule has 1 aliphatic heterocycles. The monoisotopic (exact) mass is 251 g/mol. The van der Waals surface area contributed by atoms with Gasteiger partial charge in [0.15, 0.2) is 11.5 Å². The molecule has 0 bridgehead atoms. The highest BCUT2D eigenvalue weighted by atomic mass is 16.5. The van der Waals surface area contributed by atoms with Crippen molar-refractivity contribution in [1.29, 1.82) is 0 Å². The number of amides is 1. The summed E-state index contributed by atoms with van der Waals surface area (Å²) in [5, 5.41) is 0. The molecule has 0 saturated carbocycles. The van der Waals surface area contributed by atoms with Crippen LogP contribution in [0.3, 0.4) is 0 Å². The molecule has 2 N–H and O–H groups in total. The highest BCUT2D eigenvalue weighted by molar-refractivity contribution is 5.92. The molecule has 0 aromatic carbocycles. The normalized spacial score (nSPS) is 16.7. The summed E-state index contributed by atoms with van der Waals surface area (Å²) in [6.45, 7) is 3.13. The maximum atomic E-state index is 12.2. The molecule has 98 valence electrons. The van der Waals surface area contributed by atoms with Crippen molar-refractivity contribution in [2.45, 2.75) is 0 Å². The van der Waals surface area contributed by atoms with Gasteiger partial charge in [-0.15, -0.1) is 0 Å². The van der Waals surface area contributed by atoms with Crippen molar-refractivity contribution < 1.29 is 9.53 Å². The number of nitrogens with zero attached hydrogens (tertiary/aromatic N) is 4. The molecule has 1 aliphatic rings. The van der Waals surface area contributed by atoms with E-state index in [0.29, 0.717) is 13.1 Å². The Bertz CT molecular complexity index is 443. The molecule has 1 saturated heterocycles. The zero-order valence-corrected chi connectivity index (χ0v) is 10.6. The number of piperazine rings is 1. The fourth-order valence-electron chi connectivity index (χ4n) is 1.81. The Morgan fingerprint density at radius 1 is 1.39 bits per heavy atom. The van der Waals surface area contributed by atoms with Crippen LogP contribution in [-0.4, -0.2) is 66.0 Å². The summed E-state index contributed by atoms with van der Waals surface area (Å²) in [4.78, 5) is 24.1. The van der Waals surface area contributed by atoms with Gasteiger partial charge in [-0.2, -0.15) is 0 Å². The minimum absolute atomic E-state index is 0.131. The van der Waals surface area contributed by atoms with Gasteiger partial charge < -0.3 is 20.3 Å². The van der Waals surface area contributed by atoms with Gasteiger partial charge in [-0.3, -0.25) is 4.79 Å². The zero-order chi connectivity index (χ0) is 13.1. The van der Waals surface area contributed by atoms with Gasteiger partial charge in [0.05, 0.1) is 13.3 Å². The van der Waals surface area contributed by atoms with Crippen LogP contribution in [0.2, 0.25) is 0 Å². The lowest BCUT2D eigenvalue weighted by Crippen LogP contribution is -2.47. The topological polar surface area (TPSA) is 84.6 Å². The Balaban J connectivity index is 2.13. The molecule has 0 radical (unpaired) electrons. The molecule has 1 aromatic rings. The second-order valence-electron chi connectivity index (χ2n) is 4.25. The van der Waals surface area contributed by atoms with E-state index in [1.165, 1.54) is 13.3 Å². The van der Waals surface area contributed by atoms with Gasteiger partial charge >= 0.3 is 0 Å². The second kappa shape index (κ2) is 5.18. The number of ether oxygens (including phenoxy) is 1. The summed E-state index contributed by atoms with van der Waals surface area (Å²) in [6.07, 6.45) is 1.39. The largest absolute Gasteiger partial charge is 0.478 e. The number of carbonyl (C=O) groups excluding carboxylic acids is 1. The van der Waals surface area contributed by atoms with E-state index in [1.54, 1.807) is 4.90 Å². The lowest BCUT2D eigenvalue weighted by Gasteiger charge is -2.32. The van der Waals surface area contributed by atoms with Crippen LogP contribution >= 0.6 is 0 Å². The number of rotatable bonds is 2. The Labute approximate surface area is 106 Å². The lowest BCUT2D eigenvalue weighted by atomic mass is 10.3. The predicted octanol–water partition coefficient (Wildman–Crippen LogP) is -0.545. The average Bonchev–Trinajstić information content (AvgIpc) is 2.39. The fraction of sp³-hybridized carbons (Fsp3) is 0.545. The van der Waals surface area contributed by atoms with Crippen molar-refractivity contribution in [3.8, 4) is 5.88 Å². The maximum absolute atomic E-state index is 12.2. The van der Waals surface area contributed by atoms with Crippen molar-refractivity contribution in [3.05, 3.63) is 11.9 Å². The number of hydrogen-bond donors (Lipinski definition) is 1. The molecule has 0 aliphatic carbocycles. The molecule has 1 fully saturated rings. The first-order valence-corrected chi connectivity index (χ1v) is 5.76. The number of nitrogens with two attached hydrogens (primary N) is 1. The van der Waals surface area contributed by atoms with E-state index < -0.39 is 0 Å². The molecule has 1 aromatic heterocycles. The number of carbonyl (C=O) groups is 1. The van der Waals surface area contributed by atoms with Crippen molar-refractivity contribution in [3.63, 3.8) is 0 Å². The fourth-order valence-corrected chi connectivity index (χ4v) is 1.81. The van der Waals surface area contributed by atoms with E-state index in [-0.39, 0.29) is 23.3 Å². The number of likely N-dealkylation sites (N-methyl/N-ethyl adjacent to an activating group) is 1. The molecule has 7 nitrogen and oxygen atoms in total. The van der Waals surface area contributed by atoms with Crippen molar-refractivity contribution in [1.82, 2.24) is 19.8 Å². The van der Waals surface area contributed by atoms with E-state index in [9.17, 15) is 4.79 Å².